The minimum atomic E-state index is -0.203. The molecular weight excluding hydrogens is 354 g/mol. The number of hydrogen-bond acceptors (Lipinski definition) is 3. The number of amides is 2. The van der Waals surface area contributed by atoms with E-state index >= 15 is 0 Å². The number of aliphatic imine (C=N–C) groups is 1. The molecule has 1 atom stereocenters. The lowest BCUT2D eigenvalue weighted by Gasteiger charge is -2.30. The van der Waals surface area contributed by atoms with Crippen LogP contribution in [-0.2, 0) is 11.3 Å². The van der Waals surface area contributed by atoms with Crippen molar-refractivity contribution in [3.8, 4) is 0 Å². The van der Waals surface area contributed by atoms with E-state index in [-0.39, 0.29) is 23.6 Å². The highest BCUT2D eigenvalue weighted by atomic mass is 16.5. The lowest BCUT2D eigenvalue weighted by Crippen LogP contribution is -2.45. The van der Waals surface area contributed by atoms with E-state index in [4.69, 9.17) is 4.74 Å². The average molecular weight is 392 g/mol. The number of nitrogens with zero attached hydrogens (tertiary/aromatic N) is 1. The summed E-state index contributed by atoms with van der Waals surface area (Å²) in [6.45, 7) is 14.4. The van der Waals surface area contributed by atoms with Crippen LogP contribution in [0.1, 0.15) is 47.1 Å². The van der Waals surface area contributed by atoms with Crippen molar-refractivity contribution in [2.75, 3.05) is 25.5 Å². The third-order valence-corrected chi connectivity index (χ3v) is 4.10. The zero-order valence-electron chi connectivity index (χ0n) is 18.3. The Bertz CT molecular complexity index is 621. The van der Waals surface area contributed by atoms with E-state index in [2.05, 4.69) is 47.0 Å². The molecule has 2 amide bonds. The number of urea groups is 1. The highest BCUT2D eigenvalue weighted by Crippen LogP contribution is 2.20. The molecule has 1 rings (SSSR count). The van der Waals surface area contributed by atoms with Gasteiger partial charge in [0.2, 0.25) is 0 Å². The molecule has 0 aromatic heterocycles. The Morgan fingerprint density at radius 3 is 2.29 bits per heavy atom. The quantitative estimate of drug-likeness (QED) is 0.404. The molecule has 0 aliphatic rings. The molecule has 1 aromatic rings. The molecule has 158 valence electrons. The number of benzene rings is 1. The Balaban J connectivity index is 2.65. The molecule has 7 nitrogen and oxygen atoms in total. The zero-order valence-corrected chi connectivity index (χ0v) is 18.3. The van der Waals surface area contributed by atoms with E-state index in [0.717, 1.165) is 23.8 Å². The third kappa shape index (κ3) is 9.08. The van der Waals surface area contributed by atoms with Crippen LogP contribution in [0.4, 0.5) is 10.5 Å². The third-order valence-electron chi connectivity index (χ3n) is 4.10. The summed E-state index contributed by atoms with van der Waals surface area (Å²) in [6.07, 6.45) is 0.0821. The van der Waals surface area contributed by atoms with Crippen molar-refractivity contribution in [1.29, 1.82) is 0 Å². The monoisotopic (exact) mass is 391 g/mol. The van der Waals surface area contributed by atoms with Gasteiger partial charge in [0.05, 0.1) is 12.6 Å². The summed E-state index contributed by atoms with van der Waals surface area (Å²) in [5, 5.41) is 12.2. The van der Waals surface area contributed by atoms with Gasteiger partial charge in [-0.3, -0.25) is 0 Å². The van der Waals surface area contributed by atoms with Crippen LogP contribution in [0.25, 0.3) is 0 Å². The summed E-state index contributed by atoms with van der Waals surface area (Å²) in [6, 6.07) is 7.58. The maximum absolute atomic E-state index is 11.7. The van der Waals surface area contributed by atoms with Crippen molar-refractivity contribution in [2.24, 2.45) is 10.4 Å². The van der Waals surface area contributed by atoms with Gasteiger partial charge in [-0.2, -0.15) is 0 Å². The van der Waals surface area contributed by atoms with Crippen molar-refractivity contribution < 1.29 is 9.53 Å². The molecule has 0 aliphatic carbocycles. The van der Waals surface area contributed by atoms with E-state index in [1.807, 2.05) is 45.0 Å². The molecule has 0 bridgehead atoms. The number of nitrogens with one attached hydrogen (secondary N) is 4. The first-order chi connectivity index (χ1) is 13.2. The SMILES string of the molecule is CCNC(=NCc1ccc(NC(=O)NC(C)C)cc1)NCC(OC)C(C)(C)C. The van der Waals surface area contributed by atoms with Crippen LogP contribution in [0.2, 0.25) is 0 Å². The van der Waals surface area contributed by atoms with Gasteiger partial charge in [-0.1, -0.05) is 32.9 Å². The Labute approximate surface area is 169 Å². The Morgan fingerprint density at radius 2 is 1.79 bits per heavy atom. The molecule has 1 aromatic carbocycles. The fourth-order valence-corrected chi connectivity index (χ4v) is 2.57. The summed E-state index contributed by atoms with van der Waals surface area (Å²) in [5.74, 6) is 0.757. The van der Waals surface area contributed by atoms with Gasteiger partial charge in [-0.15, -0.1) is 0 Å². The first-order valence-corrected chi connectivity index (χ1v) is 9.87. The van der Waals surface area contributed by atoms with Crippen LogP contribution in [0.3, 0.4) is 0 Å². The van der Waals surface area contributed by atoms with Gasteiger partial charge in [0.25, 0.3) is 0 Å². The predicted octanol–water partition coefficient (Wildman–Crippen LogP) is 3.33. The minimum Gasteiger partial charge on any atom is -0.379 e. The molecule has 7 heteroatoms. The number of carbonyl (C=O) groups excluding carboxylic acids is 1. The molecule has 1 unspecified atom stereocenters. The number of anilines is 1. The Hall–Kier alpha value is -2.28. The lowest BCUT2D eigenvalue weighted by molar-refractivity contribution is 0.0205. The number of ether oxygens (including phenoxy) is 1. The molecule has 0 spiro atoms. The first-order valence-electron chi connectivity index (χ1n) is 9.87. The molecule has 0 aliphatic heterocycles. The normalized spacial score (nSPS) is 13.2. The van der Waals surface area contributed by atoms with Gasteiger partial charge in [-0.25, -0.2) is 9.79 Å². The zero-order chi connectivity index (χ0) is 21.2. The molecule has 0 fully saturated rings. The van der Waals surface area contributed by atoms with Crippen LogP contribution >= 0.6 is 0 Å². The fourth-order valence-electron chi connectivity index (χ4n) is 2.57. The van der Waals surface area contributed by atoms with Gasteiger partial charge >= 0.3 is 6.03 Å². The summed E-state index contributed by atoms with van der Waals surface area (Å²) in [5.41, 5.74) is 1.86. The van der Waals surface area contributed by atoms with Crippen molar-refractivity contribution in [1.82, 2.24) is 16.0 Å². The second-order valence-corrected chi connectivity index (χ2v) is 8.12. The van der Waals surface area contributed by atoms with Gasteiger partial charge in [0.15, 0.2) is 5.96 Å². The van der Waals surface area contributed by atoms with E-state index in [9.17, 15) is 4.79 Å². The number of guanidine groups is 1. The van der Waals surface area contributed by atoms with Crippen LogP contribution in [0, 0.1) is 5.41 Å². The molecule has 0 saturated carbocycles. The first kappa shape index (κ1) is 23.8. The summed E-state index contributed by atoms with van der Waals surface area (Å²) in [7, 11) is 1.73. The largest absolute Gasteiger partial charge is 0.379 e. The van der Waals surface area contributed by atoms with E-state index in [1.54, 1.807) is 7.11 Å². The van der Waals surface area contributed by atoms with Gasteiger partial charge < -0.3 is 26.0 Å². The van der Waals surface area contributed by atoms with Crippen molar-refractivity contribution in [2.45, 2.75) is 60.2 Å². The van der Waals surface area contributed by atoms with Crippen LogP contribution in [-0.4, -0.2) is 44.3 Å². The van der Waals surface area contributed by atoms with Crippen molar-refractivity contribution in [3.05, 3.63) is 29.8 Å². The van der Waals surface area contributed by atoms with Gasteiger partial charge in [0, 0.05) is 31.9 Å². The second kappa shape index (κ2) is 11.5. The van der Waals surface area contributed by atoms with Gasteiger partial charge in [0.1, 0.15) is 0 Å². The van der Waals surface area contributed by atoms with Crippen LogP contribution in [0.15, 0.2) is 29.3 Å². The van der Waals surface area contributed by atoms with Crippen LogP contribution < -0.4 is 21.3 Å². The van der Waals surface area contributed by atoms with Gasteiger partial charge in [-0.05, 0) is 43.9 Å². The molecule has 0 radical (unpaired) electrons. The average Bonchev–Trinajstić information content (AvgIpc) is 2.59. The van der Waals surface area contributed by atoms with Crippen LogP contribution in [0.5, 0.6) is 0 Å². The van der Waals surface area contributed by atoms with E-state index in [1.165, 1.54) is 0 Å². The second-order valence-electron chi connectivity index (χ2n) is 8.12. The highest BCUT2D eigenvalue weighted by molar-refractivity contribution is 5.89. The number of carbonyl (C=O) groups is 1. The molecule has 0 saturated heterocycles. The Kier molecular flexibility index (Phi) is 9.79. The standard InChI is InChI=1S/C21H37N5O2/c1-8-22-19(24-14-18(28-7)21(4,5)6)23-13-16-9-11-17(12-10-16)26-20(27)25-15(2)3/h9-12,15,18H,8,13-14H2,1-7H3,(H2,22,23,24)(H2,25,26,27). The maximum atomic E-state index is 11.7. The molecular formula is C21H37N5O2. The van der Waals surface area contributed by atoms with E-state index < -0.39 is 0 Å². The summed E-state index contributed by atoms with van der Waals surface area (Å²) < 4.78 is 5.59. The lowest BCUT2D eigenvalue weighted by atomic mass is 9.89. The molecule has 28 heavy (non-hydrogen) atoms. The highest BCUT2D eigenvalue weighted by Gasteiger charge is 2.24. The van der Waals surface area contributed by atoms with Crippen molar-refractivity contribution >= 4 is 17.7 Å². The number of rotatable bonds is 8. The molecule has 0 heterocycles. The van der Waals surface area contributed by atoms with Crippen molar-refractivity contribution in [3.63, 3.8) is 0 Å². The predicted molar refractivity (Wildman–Crippen MR) is 117 cm³/mol. The molecule has 4 N–H and O–H groups in total. The topological polar surface area (TPSA) is 86.8 Å². The summed E-state index contributed by atoms with van der Waals surface area (Å²) in [4.78, 5) is 16.4. The van der Waals surface area contributed by atoms with E-state index in [0.29, 0.717) is 13.1 Å². The smallest absolute Gasteiger partial charge is 0.319 e. The Morgan fingerprint density at radius 1 is 1.14 bits per heavy atom. The fraction of sp³-hybridized carbons (Fsp3) is 0.619. The summed E-state index contributed by atoms with van der Waals surface area (Å²) >= 11 is 0. The minimum absolute atomic E-state index is 0.0454. The number of methoxy groups -OCH3 is 1. The maximum Gasteiger partial charge on any atom is 0.319 e. The number of hydrogen-bond donors (Lipinski definition) is 4.